The fourth-order valence-corrected chi connectivity index (χ4v) is 4.51. The van der Waals surface area contributed by atoms with Gasteiger partial charge in [0.15, 0.2) is 0 Å². The van der Waals surface area contributed by atoms with Crippen molar-refractivity contribution in [1.29, 1.82) is 0 Å². The summed E-state index contributed by atoms with van der Waals surface area (Å²) in [6.45, 7) is 0.902. The number of hydrogen-bond donors (Lipinski definition) is 1. The van der Waals surface area contributed by atoms with Gasteiger partial charge in [0.25, 0.3) is 0 Å². The largest absolute Gasteiger partial charge is 0.307 e. The minimum Gasteiger partial charge on any atom is -0.307 e. The predicted octanol–water partition coefficient (Wildman–Crippen LogP) is 4.18. The van der Waals surface area contributed by atoms with E-state index >= 15 is 0 Å². The summed E-state index contributed by atoms with van der Waals surface area (Å²) in [5.41, 5.74) is 2.30. The Balaban J connectivity index is 1.60. The molecule has 1 aromatic heterocycles. The van der Waals surface area contributed by atoms with Gasteiger partial charge in [-0.1, -0.05) is 36.8 Å². The first kappa shape index (κ1) is 14.1. The summed E-state index contributed by atoms with van der Waals surface area (Å²) in [5.74, 6) is 0. The maximum atomic E-state index is 4.74. The summed E-state index contributed by atoms with van der Waals surface area (Å²) in [6, 6.07) is 11.1. The summed E-state index contributed by atoms with van der Waals surface area (Å²) in [4.78, 5) is 4.74. The summed E-state index contributed by atoms with van der Waals surface area (Å²) < 4.78 is 0. The fraction of sp³-hybridized carbons (Fsp3) is 0.438. The molecule has 106 valence electrons. The quantitative estimate of drug-likeness (QED) is 0.897. The zero-order chi connectivity index (χ0) is 13.8. The lowest BCUT2D eigenvalue weighted by atomic mass is 10.2. The number of rotatable bonds is 5. The van der Waals surface area contributed by atoms with Crippen molar-refractivity contribution in [2.75, 3.05) is 6.26 Å². The van der Waals surface area contributed by atoms with Crippen molar-refractivity contribution in [3.63, 3.8) is 0 Å². The van der Waals surface area contributed by atoms with Crippen molar-refractivity contribution in [3.8, 4) is 11.3 Å². The maximum absolute atomic E-state index is 4.74. The van der Waals surface area contributed by atoms with Crippen LogP contribution in [0.1, 0.15) is 24.3 Å². The number of thioether (sulfide) groups is 1. The molecule has 0 amide bonds. The molecule has 1 aliphatic carbocycles. The number of nitrogens with one attached hydrogen (secondary N) is 1. The second-order valence-corrected chi connectivity index (χ2v) is 7.20. The molecule has 1 aliphatic rings. The van der Waals surface area contributed by atoms with Gasteiger partial charge in [0, 0.05) is 28.8 Å². The molecule has 0 aliphatic heterocycles. The van der Waals surface area contributed by atoms with Gasteiger partial charge in [-0.2, -0.15) is 11.8 Å². The third-order valence-electron chi connectivity index (χ3n) is 3.89. The summed E-state index contributed by atoms with van der Waals surface area (Å²) in [5, 5.41) is 7.82. The van der Waals surface area contributed by atoms with Gasteiger partial charge in [-0.25, -0.2) is 4.98 Å². The lowest BCUT2D eigenvalue weighted by Crippen LogP contribution is -2.33. The second kappa shape index (κ2) is 6.74. The van der Waals surface area contributed by atoms with Crippen LogP contribution in [0.4, 0.5) is 0 Å². The number of benzene rings is 1. The number of aromatic nitrogens is 1. The van der Waals surface area contributed by atoms with Crippen LogP contribution in [0, 0.1) is 0 Å². The van der Waals surface area contributed by atoms with E-state index in [1.807, 2.05) is 17.8 Å². The Labute approximate surface area is 129 Å². The van der Waals surface area contributed by atoms with Gasteiger partial charge in [-0.05, 0) is 19.1 Å². The van der Waals surface area contributed by atoms with Crippen LogP contribution < -0.4 is 5.32 Å². The standard InChI is InChI=1S/C16H20N2S2/c1-19-15-9-5-8-13(15)17-10-16-18-14(11-20-16)12-6-3-2-4-7-12/h2-4,6-7,11,13,15,17H,5,8-10H2,1H3. The van der Waals surface area contributed by atoms with Gasteiger partial charge < -0.3 is 5.32 Å². The topological polar surface area (TPSA) is 24.9 Å². The van der Waals surface area contributed by atoms with Crippen LogP contribution in [0.15, 0.2) is 35.7 Å². The van der Waals surface area contributed by atoms with Crippen molar-refractivity contribution in [3.05, 3.63) is 40.7 Å². The molecule has 4 heteroatoms. The van der Waals surface area contributed by atoms with Gasteiger partial charge in [0.1, 0.15) is 5.01 Å². The van der Waals surface area contributed by atoms with E-state index in [-0.39, 0.29) is 0 Å². The van der Waals surface area contributed by atoms with Crippen molar-refractivity contribution in [2.24, 2.45) is 0 Å². The van der Waals surface area contributed by atoms with Crippen molar-refractivity contribution in [1.82, 2.24) is 10.3 Å². The Hall–Kier alpha value is -0.840. The third kappa shape index (κ3) is 3.25. The van der Waals surface area contributed by atoms with Gasteiger partial charge in [-0.15, -0.1) is 11.3 Å². The lowest BCUT2D eigenvalue weighted by molar-refractivity contribution is 0.531. The molecule has 1 N–H and O–H groups in total. The molecule has 20 heavy (non-hydrogen) atoms. The van der Waals surface area contributed by atoms with Crippen LogP contribution in [0.3, 0.4) is 0 Å². The smallest absolute Gasteiger partial charge is 0.107 e. The molecule has 0 spiro atoms. The average molecular weight is 304 g/mol. The van der Waals surface area contributed by atoms with Gasteiger partial charge in [0.05, 0.1) is 5.69 Å². The van der Waals surface area contributed by atoms with Crippen molar-refractivity contribution in [2.45, 2.75) is 37.1 Å². The molecule has 0 bridgehead atoms. The Kier molecular flexibility index (Phi) is 4.76. The highest BCUT2D eigenvalue weighted by Gasteiger charge is 2.25. The zero-order valence-corrected chi connectivity index (χ0v) is 13.3. The van der Waals surface area contributed by atoms with Gasteiger partial charge in [0.2, 0.25) is 0 Å². The van der Waals surface area contributed by atoms with Crippen LogP contribution >= 0.6 is 23.1 Å². The van der Waals surface area contributed by atoms with Crippen LogP contribution in [0.5, 0.6) is 0 Å². The van der Waals surface area contributed by atoms with E-state index in [9.17, 15) is 0 Å². The van der Waals surface area contributed by atoms with Crippen molar-refractivity contribution >= 4 is 23.1 Å². The van der Waals surface area contributed by atoms with E-state index in [2.05, 4.69) is 41.2 Å². The van der Waals surface area contributed by atoms with Gasteiger partial charge >= 0.3 is 0 Å². The molecule has 3 rings (SSSR count). The molecule has 1 heterocycles. The van der Waals surface area contributed by atoms with Gasteiger partial charge in [-0.3, -0.25) is 0 Å². The Bertz CT molecular complexity index is 538. The first-order chi connectivity index (χ1) is 9.86. The monoisotopic (exact) mass is 304 g/mol. The molecule has 2 nitrogen and oxygen atoms in total. The highest BCUT2D eigenvalue weighted by molar-refractivity contribution is 7.99. The normalized spacial score (nSPS) is 22.2. The summed E-state index contributed by atoms with van der Waals surface area (Å²) >= 11 is 3.75. The molecular weight excluding hydrogens is 284 g/mol. The lowest BCUT2D eigenvalue weighted by Gasteiger charge is -2.18. The molecule has 2 aromatic rings. The van der Waals surface area contributed by atoms with E-state index in [4.69, 9.17) is 4.98 Å². The predicted molar refractivity (Wildman–Crippen MR) is 89.3 cm³/mol. The fourth-order valence-electron chi connectivity index (χ4n) is 2.79. The molecule has 0 saturated heterocycles. The van der Waals surface area contributed by atoms with Crippen LogP contribution in [0.25, 0.3) is 11.3 Å². The van der Waals surface area contributed by atoms with Crippen LogP contribution in [-0.2, 0) is 6.54 Å². The SMILES string of the molecule is CSC1CCCC1NCc1nc(-c2ccccc2)cs1. The Morgan fingerprint density at radius 3 is 2.95 bits per heavy atom. The Morgan fingerprint density at radius 2 is 2.15 bits per heavy atom. The van der Waals surface area contributed by atoms with Crippen LogP contribution in [0.2, 0.25) is 0 Å². The molecule has 2 atom stereocenters. The number of nitrogens with zero attached hydrogens (tertiary/aromatic N) is 1. The molecule has 0 radical (unpaired) electrons. The second-order valence-electron chi connectivity index (χ2n) is 5.18. The molecular formula is C16H20N2S2. The summed E-state index contributed by atoms with van der Waals surface area (Å²) in [7, 11) is 0. The minimum atomic E-state index is 0.661. The number of hydrogen-bond acceptors (Lipinski definition) is 4. The van der Waals surface area contributed by atoms with Crippen molar-refractivity contribution < 1.29 is 0 Å². The van der Waals surface area contributed by atoms with E-state index in [0.29, 0.717) is 6.04 Å². The molecule has 1 saturated carbocycles. The average Bonchev–Trinajstić information content (AvgIpc) is 3.15. The molecule has 1 aromatic carbocycles. The first-order valence-corrected chi connectivity index (χ1v) is 9.29. The number of thiazole rings is 1. The summed E-state index contributed by atoms with van der Waals surface area (Å²) in [6.07, 6.45) is 6.24. The molecule has 2 unspecified atom stereocenters. The van der Waals surface area contributed by atoms with E-state index in [1.165, 1.54) is 29.8 Å². The zero-order valence-electron chi connectivity index (χ0n) is 11.7. The third-order valence-corrected chi connectivity index (χ3v) is 5.91. The maximum Gasteiger partial charge on any atom is 0.107 e. The van der Waals surface area contributed by atoms with E-state index in [0.717, 1.165) is 17.5 Å². The van der Waals surface area contributed by atoms with E-state index < -0.39 is 0 Å². The van der Waals surface area contributed by atoms with Crippen LogP contribution in [-0.4, -0.2) is 22.5 Å². The Morgan fingerprint density at radius 1 is 1.30 bits per heavy atom. The van der Waals surface area contributed by atoms with E-state index in [1.54, 1.807) is 11.3 Å². The highest BCUT2D eigenvalue weighted by Crippen LogP contribution is 2.29. The molecule has 1 fully saturated rings. The highest BCUT2D eigenvalue weighted by atomic mass is 32.2. The minimum absolute atomic E-state index is 0.661. The first-order valence-electron chi connectivity index (χ1n) is 7.13.